The van der Waals surface area contributed by atoms with Crippen molar-refractivity contribution in [2.24, 2.45) is 0 Å². The summed E-state index contributed by atoms with van der Waals surface area (Å²) >= 11 is 0. The van der Waals surface area contributed by atoms with Crippen molar-refractivity contribution in [1.29, 1.82) is 0 Å². The molecule has 10 rings (SSSR count). The van der Waals surface area contributed by atoms with Crippen LogP contribution >= 0.6 is 0 Å². The molecule has 0 saturated heterocycles. The van der Waals surface area contributed by atoms with Crippen LogP contribution < -0.4 is 4.90 Å². The van der Waals surface area contributed by atoms with Crippen LogP contribution in [0.25, 0.3) is 77.2 Å². The number of rotatable bonds is 4. The van der Waals surface area contributed by atoms with E-state index in [4.69, 9.17) is 18.2 Å². The van der Waals surface area contributed by atoms with Gasteiger partial charge in [0.25, 0.3) is 0 Å². The predicted octanol–water partition coefficient (Wildman–Crippen LogP) is 11.9. The van der Waals surface area contributed by atoms with E-state index in [1.54, 1.807) is 0 Å². The Labute approximate surface area is 262 Å². The molecule has 0 bridgehead atoms. The van der Waals surface area contributed by atoms with Crippen molar-refractivity contribution in [3.05, 3.63) is 146 Å². The number of oxazole rings is 1. The van der Waals surface area contributed by atoms with E-state index in [2.05, 4.69) is 102 Å². The Morgan fingerprint density at radius 2 is 1.15 bits per heavy atom. The fraction of sp³-hybridized carbons (Fsp3) is 0. The lowest BCUT2D eigenvalue weighted by Crippen LogP contribution is -2.09. The molecule has 0 N–H and O–H groups in total. The van der Waals surface area contributed by atoms with Crippen LogP contribution in [-0.4, -0.2) is 4.98 Å². The van der Waals surface area contributed by atoms with Gasteiger partial charge in [-0.15, -0.1) is 0 Å². The molecule has 216 valence electrons. The predicted molar refractivity (Wildman–Crippen MR) is 186 cm³/mol. The molecule has 0 aliphatic heterocycles. The number of anilines is 3. The molecule has 0 unspecified atom stereocenters. The van der Waals surface area contributed by atoms with Gasteiger partial charge in [-0.05, 0) is 72.1 Å². The monoisotopic (exact) mass is 592 g/mol. The van der Waals surface area contributed by atoms with Crippen molar-refractivity contribution in [3.8, 4) is 11.5 Å². The standard InChI is InChI=1S/C41H24N2O3/c1-2-10-26(11-3-1)43(27-18-21-30-31-20-17-25-9-4-5-12-29(25)40(31)45-37(30)23-27)28-19-22-32-38(24-28)44-36-16-8-13-33(39(32)36)41-42-34-14-6-7-15-35(34)46-41/h1-24H. The van der Waals surface area contributed by atoms with Gasteiger partial charge in [0.1, 0.15) is 27.8 Å². The number of aromatic nitrogens is 1. The first-order valence-corrected chi connectivity index (χ1v) is 15.3. The quantitative estimate of drug-likeness (QED) is 0.203. The van der Waals surface area contributed by atoms with Crippen molar-refractivity contribution in [2.75, 3.05) is 4.90 Å². The zero-order valence-corrected chi connectivity index (χ0v) is 24.5. The minimum atomic E-state index is 0.580. The lowest BCUT2D eigenvalue weighted by molar-refractivity contribution is 0.620. The Morgan fingerprint density at radius 3 is 2.02 bits per heavy atom. The van der Waals surface area contributed by atoms with Crippen LogP contribution in [0.4, 0.5) is 17.1 Å². The van der Waals surface area contributed by atoms with Gasteiger partial charge in [-0.3, -0.25) is 0 Å². The molecule has 10 aromatic rings. The molecule has 0 fully saturated rings. The molecule has 0 aliphatic rings. The summed E-state index contributed by atoms with van der Waals surface area (Å²) in [4.78, 5) is 7.01. The van der Waals surface area contributed by atoms with E-state index in [-0.39, 0.29) is 0 Å². The first-order valence-electron chi connectivity index (χ1n) is 15.3. The fourth-order valence-corrected chi connectivity index (χ4v) is 6.78. The van der Waals surface area contributed by atoms with E-state index in [1.807, 2.05) is 48.5 Å². The molecule has 0 atom stereocenters. The average Bonchev–Trinajstić information content (AvgIpc) is 3.81. The highest BCUT2D eigenvalue weighted by Gasteiger charge is 2.20. The van der Waals surface area contributed by atoms with E-state index in [0.717, 1.165) is 83.0 Å². The van der Waals surface area contributed by atoms with Crippen molar-refractivity contribution in [3.63, 3.8) is 0 Å². The summed E-state index contributed by atoms with van der Waals surface area (Å²) in [5, 5.41) is 6.48. The van der Waals surface area contributed by atoms with Crippen LogP contribution in [0.5, 0.6) is 0 Å². The maximum absolute atomic E-state index is 6.56. The van der Waals surface area contributed by atoms with Gasteiger partial charge in [-0.2, -0.15) is 0 Å². The molecule has 5 heteroatoms. The van der Waals surface area contributed by atoms with Crippen LogP contribution in [0.3, 0.4) is 0 Å². The Balaban J connectivity index is 1.15. The van der Waals surface area contributed by atoms with Crippen molar-refractivity contribution in [1.82, 2.24) is 4.98 Å². The molecular formula is C41H24N2O3. The summed E-state index contributed by atoms with van der Waals surface area (Å²) in [5.74, 6) is 0.580. The van der Waals surface area contributed by atoms with Crippen molar-refractivity contribution < 1.29 is 13.3 Å². The van der Waals surface area contributed by atoms with Gasteiger partial charge < -0.3 is 18.2 Å². The van der Waals surface area contributed by atoms with E-state index in [0.29, 0.717) is 5.89 Å². The van der Waals surface area contributed by atoms with Gasteiger partial charge in [0, 0.05) is 61.7 Å². The summed E-state index contributed by atoms with van der Waals surface area (Å²) in [7, 11) is 0. The minimum Gasteiger partial charge on any atom is -0.456 e. The molecule has 0 radical (unpaired) electrons. The molecule has 0 aliphatic carbocycles. The third-order valence-electron chi connectivity index (χ3n) is 8.88. The van der Waals surface area contributed by atoms with Gasteiger partial charge in [0.05, 0.1) is 0 Å². The Hall–Kier alpha value is -6.33. The highest BCUT2D eigenvalue weighted by molar-refractivity contribution is 6.16. The summed E-state index contributed by atoms with van der Waals surface area (Å²) in [6.45, 7) is 0. The largest absolute Gasteiger partial charge is 0.456 e. The zero-order chi connectivity index (χ0) is 30.2. The fourth-order valence-electron chi connectivity index (χ4n) is 6.78. The minimum absolute atomic E-state index is 0.580. The maximum atomic E-state index is 6.56. The Morgan fingerprint density at radius 1 is 0.435 bits per heavy atom. The van der Waals surface area contributed by atoms with Crippen LogP contribution in [0.1, 0.15) is 0 Å². The molecule has 46 heavy (non-hydrogen) atoms. The second-order valence-corrected chi connectivity index (χ2v) is 11.6. The molecule has 0 saturated carbocycles. The smallest absolute Gasteiger partial charge is 0.228 e. The summed E-state index contributed by atoms with van der Waals surface area (Å²) in [6.07, 6.45) is 0. The van der Waals surface area contributed by atoms with Gasteiger partial charge in [-0.25, -0.2) is 4.98 Å². The SMILES string of the molecule is c1ccc(N(c2ccc3c(c2)oc2c4ccccc4ccc32)c2ccc3c(c2)oc2cccc(-c4nc5ccccc5o4)c23)cc1. The van der Waals surface area contributed by atoms with E-state index in [9.17, 15) is 0 Å². The summed E-state index contributed by atoms with van der Waals surface area (Å²) < 4.78 is 19.2. The third kappa shape index (κ3) is 3.72. The third-order valence-corrected chi connectivity index (χ3v) is 8.88. The molecule has 7 aromatic carbocycles. The number of benzene rings is 7. The van der Waals surface area contributed by atoms with Crippen LogP contribution in [0, 0.1) is 0 Å². The van der Waals surface area contributed by atoms with E-state index in [1.165, 1.54) is 5.39 Å². The van der Waals surface area contributed by atoms with E-state index < -0.39 is 0 Å². The lowest BCUT2D eigenvalue weighted by Gasteiger charge is -2.25. The van der Waals surface area contributed by atoms with Crippen molar-refractivity contribution >= 4 is 82.8 Å². The molecular weight excluding hydrogens is 568 g/mol. The lowest BCUT2D eigenvalue weighted by atomic mass is 10.0. The highest BCUT2D eigenvalue weighted by atomic mass is 16.4. The van der Waals surface area contributed by atoms with Crippen LogP contribution in [-0.2, 0) is 0 Å². The van der Waals surface area contributed by atoms with Gasteiger partial charge in [0.15, 0.2) is 5.58 Å². The number of hydrogen-bond donors (Lipinski definition) is 0. The molecule has 0 spiro atoms. The Bertz CT molecular complexity index is 2740. The topological polar surface area (TPSA) is 55.6 Å². The van der Waals surface area contributed by atoms with Gasteiger partial charge >= 0.3 is 0 Å². The first kappa shape index (κ1) is 25.0. The molecule has 5 nitrogen and oxygen atoms in total. The molecule has 0 amide bonds. The van der Waals surface area contributed by atoms with Gasteiger partial charge in [-0.1, -0.05) is 66.7 Å². The highest BCUT2D eigenvalue weighted by Crippen LogP contribution is 2.43. The number of fused-ring (bicyclic) bond motifs is 9. The first-order chi connectivity index (χ1) is 22.8. The summed E-state index contributed by atoms with van der Waals surface area (Å²) in [5.41, 5.74) is 8.83. The normalized spacial score (nSPS) is 11.9. The van der Waals surface area contributed by atoms with E-state index >= 15 is 0 Å². The number of nitrogens with zero attached hydrogens (tertiary/aromatic N) is 2. The van der Waals surface area contributed by atoms with Crippen LogP contribution in [0.15, 0.2) is 159 Å². The molecule has 3 heterocycles. The molecule has 3 aromatic heterocycles. The number of hydrogen-bond acceptors (Lipinski definition) is 5. The zero-order valence-electron chi connectivity index (χ0n) is 24.5. The Kier molecular flexibility index (Phi) is 5.22. The summed E-state index contributed by atoms with van der Waals surface area (Å²) in [6, 6.07) is 49.7. The van der Waals surface area contributed by atoms with Crippen LogP contribution in [0.2, 0.25) is 0 Å². The number of para-hydroxylation sites is 3. The number of furan rings is 2. The second-order valence-electron chi connectivity index (χ2n) is 11.6. The second kappa shape index (κ2) is 9.58. The maximum Gasteiger partial charge on any atom is 0.228 e. The van der Waals surface area contributed by atoms with Crippen molar-refractivity contribution in [2.45, 2.75) is 0 Å². The average molecular weight is 593 g/mol. The van der Waals surface area contributed by atoms with Gasteiger partial charge in [0.2, 0.25) is 5.89 Å².